The molecule has 3 rings (SSSR count). The Hall–Kier alpha value is -2.27. The van der Waals surface area contributed by atoms with Crippen LogP contribution in [0.4, 0.5) is 14.5 Å². The third-order valence-electron chi connectivity index (χ3n) is 4.53. The zero-order valence-electron chi connectivity index (χ0n) is 16.8. The molecule has 2 N–H and O–H groups in total. The summed E-state index contributed by atoms with van der Waals surface area (Å²) in [6.45, 7) is 3.05. The second kappa shape index (κ2) is 11.2. The molecule has 1 aliphatic heterocycles. The quantitative estimate of drug-likeness (QED) is 0.361. The summed E-state index contributed by atoms with van der Waals surface area (Å²) >= 11 is 0. The molecule has 30 heavy (non-hydrogen) atoms. The number of ether oxygens (including phenoxy) is 1. The summed E-state index contributed by atoms with van der Waals surface area (Å²) in [7, 11) is 1.64. The van der Waals surface area contributed by atoms with E-state index in [1.807, 2.05) is 11.8 Å². The fraction of sp³-hybridized carbons (Fsp3) is 0.333. The Labute approximate surface area is 191 Å². The number of anilines is 1. The van der Waals surface area contributed by atoms with Crippen LogP contribution in [0.3, 0.4) is 0 Å². The van der Waals surface area contributed by atoms with Gasteiger partial charge in [0.1, 0.15) is 17.7 Å². The van der Waals surface area contributed by atoms with E-state index in [0.717, 1.165) is 5.56 Å². The van der Waals surface area contributed by atoms with Crippen LogP contribution in [0.2, 0.25) is 0 Å². The van der Waals surface area contributed by atoms with E-state index in [1.54, 1.807) is 25.2 Å². The highest BCUT2D eigenvalue weighted by molar-refractivity contribution is 14.0. The average molecular weight is 530 g/mol. The molecule has 0 saturated carbocycles. The van der Waals surface area contributed by atoms with E-state index < -0.39 is 5.82 Å². The SMILES string of the molecule is CN=C(NCC(=O)Nc1cccc(F)c1)N1CC(C)OC(c2ccc(F)cc2)C1.I. The van der Waals surface area contributed by atoms with Crippen molar-refractivity contribution in [2.24, 2.45) is 4.99 Å². The number of aliphatic imine (C=N–C) groups is 1. The molecule has 0 aromatic heterocycles. The summed E-state index contributed by atoms with van der Waals surface area (Å²) in [5.41, 5.74) is 1.27. The summed E-state index contributed by atoms with van der Waals surface area (Å²) < 4.78 is 32.4. The van der Waals surface area contributed by atoms with E-state index >= 15 is 0 Å². The molecule has 162 valence electrons. The van der Waals surface area contributed by atoms with Crippen LogP contribution >= 0.6 is 24.0 Å². The maximum atomic E-state index is 13.2. The van der Waals surface area contributed by atoms with Crippen LogP contribution in [-0.2, 0) is 9.53 Å². The molecule has 0 bridgehead atoms. The van der Waals surface area contributed by atoms with Gasteiger partial charge in [-0.15, -0.1) is 24.0 Å². The Kier molecular flexibility index (Phi) is 8.97. The lowest BCUT2D eigenvalue weighted by Gasteiger charge is -2.38. The number of nitrogens with one attached hydrogen (secondary N) is 2. The Morgan fingerprint density at radius 1 is 1.17 bits per heavy atom. The summed E-state index contributed by atoms with van der Waals surface area (Å²) in [6.07, 6.45) is -0.308. The highest BCUT2D eigenvalue weighted by atomic mass is 127. The molecule has 0 radical (unpaired) electrons. The van der Waals surface area contributed by atoms with Gasteiger partial charge in [-0.25, -0.2) is 8.78 Å². The van der Waals surface area contributed by atoms with Crippen molar-refractivity contribution >= 4 is 41.5 Å². The molecular formula is C21H25F2IN4O2. The lowest BCUT2D eigenvalue weighted by Crippen LogP contribution is -2.51. The van der Waals surface area contributed by atoms with Gasteiger partial charge in [0, 0.05) is 19.3 Å². The smallest absolute Gasteiger partial charge is 0.243 e. The molecule has 2 aromatic carbocycles. The van der Waals surface area contributed by atoms with Gasteiger partial charge in [0.2, 0.25) is 5.91 Å². The van der Waals surface area contributed by atoms with Crippen LogP contribution in [0, 0.1) is 11.6 Å². The molecule has 1 amide bonds. The van der Waals surface area contributed by atoms with E-state index in [9.17, 15) is 13.6 Å². The zero-order valence-corrected chi connectivity index (χ0v) is 19.1. The minimum atomic E-state index is -0.416. The first kappa shape index (κ1) is 24.0. The van der Waals surface area contributed by atoms with E-state index in [2.05, 4.69) is 15.6 Å². The van der Waals surface area contributed by atoms with E-state index in [1.165, 1.54) is 30.3 Å². The predicted molar refractivity (Wildman–Crippen MR) is 123 cm³/mol. The number of morpholine rings is 1. The standard InChI is InChI=1S/C21H24F2N4O2.HI/c1-14-12-27(13-19(29-14)15-6-8-16(22)9-7-15)21(24-2)25-11-20(28)26-18-5-3-4-17(23)10-18;/h3-10,14,19H,11-13H2,1-2H3,(H,24,25)(H,26,28);1H. The van der Waals surface area contributed by atoms with E-state index in [0.29, 0.717) is 24.7 Å². The van der Waals surface area contributed by atoms with Crippen molar-refractivity contribution < 1.29 is 18.3 Å². The first-order valence-electron chi connectivity index (χ1n) is 9.36. The second-order valence-corrected chi connectivity index (χ2v) is 6.85. The minimum absolute atomic E-state index is 0. The maximum Gasteiger partial charge on any atom is 0.243 e. The minimum Gasteiger partial charge on any atom is -0.367 e. The monoisotopic (exact) mass is 530 g/mol. The number of rotatable bonds is 4. The van der Waals surface area contributed by atoms with Crippen LogP contribution in [0.15, 0.2) is 53.5 Å². The van der Waals surface area contributed by atoms with Crippen molar-refractivity contribution in [3.05, 3.63) is 65.7 Å². The first-order valence-corrected chi connectivity index (χ1v) is 9.36. The number of carbonyl (C=O) groups is 1. The number of guanidine groups is 1. The Bertz CT molecular complexity index is 880. The molecule has 1 saturated heterocycles. The molecule has 1 aliphatic rings. The van der Waals surface area contributed by atoms with Crippen molar-refractivity contribution in [1.29, 1.82) is 0 Å². The van der Waals surface area contributed by atoms with Gasteiger partial charge in [0.05, 0.1) is 19.2 Å². The fourth-order valence-corrected chi connectivity index (χ4v) is 3.25. The normalized spacial score (nSPS) is 19.1. The Morgan fingerprint density at radius 2 is 1.90 bits per heavy atom. The van der Waals surface area contributed by atoms with Crippen molar-refractivity contribution in [3.63, 3.8) is 0 Å². The van der Waals surface area contributed by atoms with Crippen LogP contribution < -0.4 is 10.6 Å². The van der Waals surface area contributed by atoms with E-state index in [4.69, 9.17) is 4.74 Å². The number of hydrogen-bond acceptors (Lipinski definition) is 3. The molecule has 9 heteroatoms. The molecule has 6 nitrogen and oxygen atoms in total. The summed E-state index contributed by atoms with van der Waals surface area (Å²) in [4.78, 5) is 18.4. The molecule has 0 aliphatic carbocycles. The van der Waals surface area contributed by atoms with Gasteiger partial charge in [-0.2, -0.15) is 0 Å². The molecule has 1 heterocycles. The number of benzene rings is 2. The summed E-state index contributed by atoms with van der Waals surface area (Å²) in [5.74, 6) is -0.466. The van der Waals surface area contributed by atoms with Crippen LogP contribution in [-0.4, -0.2) is 49.6 Å². The molecule has 2 unspecified atom stereocenters. The molecule has 0 spiro atoms. The highest BCUT2D eigenvalue weighted by Gasteiger charge is 2.28. The third-order valence-corrected chi connectivity index (χ3v) is 4.53. The van der Waals surface area contributed by atoms with Crippen LogP contribution in [0.1, 0.15) is 18.6 Å². The third kappa shape index (κ3) is 6.63. The number of nitrogens with zero attached hydrogens (tertiary/aromatic N) is 2. The van der Waals surface area contributed by atoms with Crippen molar-refractivity contribution in [3.8, 4) is 0 Å². The molecule has 1 fully saturated rings. The Morgan fingerprint density at radius 3 is 2.57 bits per heavy atom. The maximum absolute atomic E-state index is 13.2. The van der Waals surface area contributed by atoms with Gasteiger partial charge >= 0.3 is 0 Å². The largest absolute Gasteiger partial charge is 0.367 e. The number of halogens is 3. The summed E-state index contributed by atoms with van der Waals surface area (Å²) in [5, 5.41) is 5.67. The lowest BCUT2D eigenvalue weighted by atomic mass is 10.1. The van der Waals surface area contributed by atoms with E-state index in [-0.39, 0.29) is 54.5 Å². The van der Waals surface area contributed by atoms with Gasteiger partial charge in [0.15, 0.2) is 5.96 Å². The zero-order chi connectivity index (χ0) is 20.8. The lowest BCUT2D eigenvalue weighted by molar-refractivity contribution is -0.115. The van der Waals surface area contributed by atoms with Gasteiger partial charge < -0.3 is 20.3 Å². The first-order chi connectivity index (χ1) is 13.9. The van der Waals surface area contributed by atoms with Gasteiger partial charge in [0.25, 0.3) is 0 Å². The van der Waals surface area contributed by atoms with Crippen LogP contribution in [0.5, 0.6) is 0 Å². The number of amides is 1. The van der Waals surface area contributed by atoms with Crippen molar-refractivity contribution in [2.45, 2.75) is 19.1 Å². The molecule has 2 aromatic rings. The number of hydrogen-bond donors (Lipinski definition) is 2. The predicted octanol–water partition coefficient (Wildman–Crippen LogP) is 3.56. The topological polar surface area (TPSA) is 66.0 Å². The van der Waals surface area contributed by atoms with Crippen LogP contribution in [0.25, 0.3) is 0 Å². The fourth-order valence-electron chi connectivity index (χ4n) is 3.25. The average Bonchev–Trinajstić information content (AvgIpc) is 2.68. The van der Waals surface area contributed by atoms with Gasteiger partial charge in [-0.05, 0) is 42.8 Å². The van der Waals surface area contributed by atoms with Gasteiger partial charge in [-0.3, -0.25) is 9.79 Å². The second-order valence-electron chi connectivity index (χ2n) is 6.85. The molecular weight excluding hydrogens is 505 g/mol. The van der Waals surface area contributed by atoms with Gasteiger partial charge in [-0.1, -0.05) is 18.2 Å². The number of carbonyl (C=O) groups excluding carboxylic acids is 1. The van der Waals surface area contributed by atoms with Crippen molar-refractivity contribution in [2.75, 3.05) is 32.0 Å². The Balaban J connectivity index is 0.00000320. The summed E-state index contributed by atoms with van der Waals surface area (Å²) in [6, 6.07) is 11.9. The molecule has 2 atom stereocenters. The van der Waals surface area contributed by atoms with Crippen molar-refractivity contribution in [1.82, 2.24) is 10.2 Å². The highest BCUT2D eigenvalue weighted by Crippen LogP contribution is 2.25.